The Balaban J connectivity index is 0.000000374. The van der Waals surface area contributed by atoms with Crippen molar-refractivity contribution in [3.05, 3.63) is 50.6 Å². The maximum Gasteiger partial charge on any atom is 0.411 e. The topological polar surface area (TPSA) is 467 Å². The lowest BCUT2D eigenvalue weighted by Gasteiger charge is -2.29. The van der Waals surface area contributed by atoms with Gasteiger partial charge in [-0.25, -0.2) is 38.4 Å². The number of rotatable bonds is 21. The summed E-state index contributed by atoms with van der Waals surface area (Å²) < 4.78 is 51.6. The number of carboxylic acids is 1. The van der Waals surface area contributed by atoms with Gasteiger partial charge in [-0.05, 0) is 136 Å². The van der Waals surface area contributed by atoms with Crippen molar-refractivity contribution in [3.63, 3.8) is 0 Å². The first kappa shape index (κ1) is 97.1. The van der Waals surface area contributed by atoms with Gasteiger partial charge >= 0.3 is 66.2 Å². The van der Waals surface area contributed by atoms with Crippen molar-refractivity contribution < 1.29 is 130 Å². The number of aliphatic hydroxyl groups excluding tert-OH is 2. The van der Waals surface area contributed by atoms with E-state index >= 15 is 0 Å². The Kier molecular flexibility index (Phi) is 34.3. The largest absolute Gasteiger partial charge is 0.480 e. The van der Waals surface area contributed by atoms with E-state index in [1.165, 1.54) is 28.5 Å². The van der Waals surface area contributed by atoms with Crippen LogP contribution in [0, 0.1) is 23.7 Å². The number of aliphatic hydroxyl groups is 2. The molecule has 8 rings (SSSR count). The van der Waals surface area contributed by atoms with Crippen molar-refractivity contribution >= 4 is 96.3 Å². The van der Waals surface area contributed by atoms with Gasteiger partial charge in [0.15, 0.2) is 0 Å². The molecule has 8 aliphatic rings. The van der Waals surface area contributed by atoms with E-state index in [2.05, 4.69) is 42.3 Å². The number of halogens is 1. The van der Waals surface area contributed by atoms with Gasteiger partial charge in [-0.3, -0.25) is 48.4 Å². The molecule has 112 heavy (non-hydrogen) atoms. The summed E-state index contributed by atoms with van der Waals surface area (Å²) in [4.78, 5) is 175. The lowest BCUT2D eigenvalue weighted by molar-refractivity contribution is -0.150. The fourth-order valence-electron chi connectivity index (χ4n) is 12.7. The highest BCUT2D eigenvalue weighted by molar-refractivity contribution is 5.97. The number of aliphatic carboxylic acids is 1. The summed E-state index contributed by atoms with van der Waals surface area (Å²) >= 11 is 0. The van der Waals surface area contributed by atoms with Crippen molar-refractivity contribution in [1.82, 2.24) is 35.6 Å². The molecule has 4 aliphatic carbocycles. The molecule has 16 atom stereocenters. The molecule has 632 valence electrons. The van der Waals surface area contributed by atoms with E-state index in [9.17, 15) is 77.3 Å². The van der Waals surface area contributed by atoms with E-state index in [1.807, 2.05) is 0 Å². The Bertz CT molecular complexity index is 3360. The maximum atomic E-state index is 13.0. The molecule has 4 aliphatic heterocycles. The van der Waals surface area contributed by atoms with Crippen LogP contribution in [-0.2, 0) is 95.3 Å². The average Bonchev–Trinajstić information content (AvgIpc) is 1.65. The predicted octanol–water partition coefficient (Wildman–Crippen LogP) is 5.40. The number of β-amino-alcohol motifs (C(OH)–C–C–N with tert-alkyl or cyclic N) is 2. The fraction of sp³-hybridized carbons (Fsp3) is 0.711. The van der Waals surface area contributed by atoms with Gasteiger partial charge in [-0.2, -0.15) is 0 Å². The highest BCUT2D eigenvalue weighted by atomic mass is 35.5. The Morgan fingerprint density at radius 2 is 0.661 bits per heavy atom. The first-order chi connectivity index (χ1) is 51.2. The van der Waals surface area contributed by atoms with Gasteiger partial charge in [0.05, 0.1) is 64.8 Å². The van der Waals surface area contributed by atoms with E-state index in [-0.39, 0.29) is 114 Å². The van der Waals surface area contributed by atoms with Crippen LogP contribution in [0.1, 0.15) is 176 Å². The third-order valence-electron chi connectivity index (χ3n) is 18.3. The molecular formula is C76H119ClN8O27. The van der Waals surface area contributed by atoms with Crippen LogP contribution in [0.25, 0.3) is 0 Å². The molecule has 0 aromatic rings. The quantitative estimate of drug-likeness (QED) is 0.0429. The molecule has 0 spiro atoms. The lowest BCUT2D eigenvalue weighted by Crippen LogP contribution is -2.53. The summed E-state index contributed by atoms with van der Waals surface area (Å²) in [5.41, 5.74) is -1.45. The lowest BCUT2D eigenvalue weighted by atomic mass is 10.1. The van der Waals surface area contributed by atoms with Crippen molar-refractivity contribution in [2.24, 2.45) is 29.4 Å². The molecular weight excluding hydrogens is 1490 g/mol. The number of hydrogen-bond acceptors (Lipinski definition) is 27. The zero-order valence-electron chi connectivity index (χ0n) is 67.8. The summed E-state index contributed by atoms with van der Waals surface area (Å²) in [6, 6.07) is -3.78. The van der Waals surface area contributed by atoms with Gasteiger partial charge < -0.3 is 84.4 Å². The molecule has 7 amide bonds. The van der Waals surface area contributed by atoms with Crippen LogP contribution in [0.5, 0.6) is 0 Å². The van der Waals surface area contributed by atoms with Crippen molar-refractivity contribution in [2.45, 2.75) is 269 Å². The van der Waals surface area contributed by atoms with E-state index < -0.39 is 171 Å². The Morgan fingerprint density at radius 1 is 0.411 bits per heavy atom. The van der Waals surface area contributed by atoms with Crippen LogP contribution >= 0.6 is 12.4 Å². The summed E-state index contributed by atoms with van der Waals surface area (Å²) in [5.74, 6) is -6.16. The first-order valence-electron chi connectivity index (χ1n) is 37.1. The van der Waals surface area contributed by atoms with Gasteiger partial charge in [-0.1, -0.05) is 24.3 Å². The van der Waals surface area contributed by atoms with E-state index in [4.69, 9.17) is 58.2 Å². The summed E-state index contributed by atoms with van der Waals surface area (Å²) in [6.45, 7) is 45.6. The summed E-state index contributed by atoms with van der Waals surface area (Å²) in [5, 5.41) is 36.4. The molecule has 8 N–H and O–H groups in total. The van der Waals surface area contributed by atoms with Gasteiger partial charge in [0.1, 0.15) is 80.9 Å². The van der Waals surface area contributed by atoms with Crippen molar-refractivity contribution in [3.8, 4) is 0 Å². The average molecular weight is 1610 g/mol. The molecule has 0 radical (unpaired) electrons. The zero-order valence-corrected chi connectivity index (χ0v) is 68.6. The van der Waals surface area contributed by atoms with Crippen LogP contribution < -0.4 is 21.7 Å². The van der Waals surface area contributed by atoms with Gasteiger partial charge in [-0.15, -0.1) is 38.7 Å². The minimum Gasteiger partial charge on any atom is -0.480 e. The van der Waals surface area contributed by atoms with Crippen molar-refractivity contribution in [1.29, 1.82) is 0 Å². The number of likely N-dealkylation sites (tertiary alicyclic amines) is 4. The Labute approximate surface area is 660 Å². The first-order valence-corrected chi connectivity index (χ1v) is 37.1. The third kappa shape index (κ3) is 26.8. The minimum absolute atomic E-state index is 0. The standard InChI is InChI=1S/2C20H30N2O7.C18H28N2O6.C10H17NO5.C8H13NO2.ClH/c2*1-7-13-10-20(13,17(25)27-8-2)21-16(24)15-9-14(28-12(3)23)11-22(15)18(26)29-19(4,5)6;1-6-11-9-18(11,15(23)25-7-2)19-14(22)13-8-12(21)10-20(13)16(24)26-17(3,4)5;1-10(2,3)16-9(15)11-5-6(12)4-7(11)8(13)14;1-3-6-5-8(6,9)7(10)11-4-2;/h2*7,13-15H,1,8-11H2,2-6H3,(H,21,24);6,11-13,21H,1,7-10H2,2-5H3,(H,19,22);6-7,12H,4-5H2,1-3H3,(H,13,14);3,6H,1,4-5,9H2,2H3;1H/t13-,14+,15-,20-;13-,14-,15+,20-;11?,12-,13+,18-;6-,7+;6?,8-;/m01111./s1. The number of esters is 6. The molecule has 4 saturated heterocycles. The normalized spacial score (nSPS) is 28.8. The number of carbonyl (C=O) groups excluding carboxylic acids is 13. The molecule has 0 bridgehead atoms. The monoisotopic (exact) mass is 1610 g/mol. The summed E-state index contributed by atoms with van der Waals surface area (Å²) in [6.07, 6.45) is 3.07. The van der Waals surface area contributed by atoms with Gasteiger partial charge in [0.2, 0.25) is 17.7 Å². The smallest absolute Gasteiger partial charge is 0.411 e. The molecule has 36 heteroatoms. The number of hydrogen-bond donors (Lipinski definition) is 7. The number of ether oxygens (including phenoxy) is 10. The van der Waals surface area contributed by atoms with Crippen LogP contribution in [-0.4, -0.2) is 265 Å². The molecule has 4 heterocycles. The number of carbonyl (C=O) groups is 14. The number of nitrogens with two attached hydrogens (primary N) is 1. The van der Waals surface area contributed by atoms with E-state index in [0.29, 0.717) is 32.3 Å². The summed E-state index contributed by atoms with van der Waals surface area (Å²) in [7, 11) is 0. The number of nitrogens with zero attached hydrogens (tertiary/aromatic N) is 4. The van der Waals surface area contributed by atoms with Crippen LogP contribution in [0.15, 0.2) is 50.6 Å². The number of carboxylic acid groups (broad SMARTS) is 1. The minimum atomic E-state index is -1.17. The molecule has 2 unspecified atom stereocenters. The molecule has 0 aromatic heterocycles. The van der Waals surface area contributed by atoms with E-state index in [1.54, 1.807) is 135 Å². The fourth-order valence-corrected chi connectivity index (χ4v) is 12.7. The maximum absolute atomic E-state index is 13.0. The molecule has 35 nitrogen and oxygen atoms in total. The van der Waals surface area contributed by atoms with Gasteiger partial charge in [0, 0.05) is 63.2 Å². The Morgan fingerprint density at radius 3 is 0.893 bits per heavy atom. The van der Waals surface area contributed by atoms with Crippen LogP contribution in [0.4, 0.5) is 19.2 Å². The van der Waals surface area contributed by atoms with Gasteiger partial charge in [0.25, 0.3) is 0 Å². The Hall–Kier alpha value is -9.09. The van der Waals surface area contributed by atoms with Crippen LogP contribution in [0.2, 0.25) is 0 Å². The predicted molar refractivity (Wildman–Crippen MR) is 403 cm³/mol. The second-order valence-corrected chi connectivity index (χ2v) is 32.1. The third-order valence-corrected chi connectivity index (χ3v) is 18.3. The zero-order chi connectivity index (χ0) is 84.7. The number of nitrogens with one attached hydrogen (secondary N) is 3. The molecule has 0 aromatic carbocycles. The number of amides is 7. The molecule has 4 saturated carbocycles. The SMILES string of the molecule is C=CC1C[C@]1(N)C(=O)OCC.C=CC1C[C@]1(NC(=O)[C@@H]1C[C@@H](O)CN1C(=O)OC(C)(C)C)C(=O)OCC.C=C[C@@H]1C[C@]1(NC(=O)[C@@H]1C[C@@H](OC(C)=O)CN1C(=O)OC(C)(C)C)C(=O)OCC.C=C[C@H]1C[C@@]1(NC(=O)[C@@H]1C[C@@H](OC(C)=O)CN1C(=O)OC(C)(C)C)C(=O)OCC.CC(C)(C)OC(=O)N1C[C@H](O)C[C@H]1C(=O)O.Cl. The highest BCUT2D eigenvalue weighted by Gasteiger charge is 2.65. The second-order valence-electron chi connectivity index (χ2n) is 32.1. The highest BCUT2D eigenvalue weighted by Crippen LogP contribution is 2.48. The second kappa shape index (κ2) is 39.6. The van der Waals surface area contributed by atoms with Crippen molar-refractivity contribution in [2.75, 3.05) is 52.6 Å². The molecule has 8 fully saturated rings. The van der Waals surface area contributed by atoms with Crippen LogP contribution in [0.3, 0.4) is 0 Å². The van der Waals surface area contributed by atoms with E-state index in [0.717, 1.165) is 4.90 Å².